The van der Waals surface area contributed by atoms with E-state index in [-0.39, 0.29) is 4.86 Å². The number of hydrogen-bond acceptors (Lipinski definition) is 3. The quantitative estimate of drug-likeness (QED) is 0.872. The topological polar surface area (TPSA) is 66.5 Å². The molecule has 1 aliphatic heterocycles. The Morgan fingerprint density at radius 1 is 0.958 bits per heavy atom. The average molecular weight is 342 g/mol. The van der Waals surface area contributed by atoms with Gasteiger partial charge in [0.2, 0.25) is 0 Å². The molecule has 0 unspecified atom stereocenters. The summed E-state index contributed by atoms with van der Waals surface area (Å²) >= 11 is 0. The molecule has 124 valence electrons. The van der Waals surface area contributed by atoms with E-state index in [1.807, 2.05) is 44.2 Å². The lowest BCUT2D eigenvalue weighted by Crippen LogP contribution is -2.59. The molecule has 1 N–H and O–H groups in total. The molecule has 0 radical (unpaired) electrons. The predicted octanol–water partition coefficient (Wildman–Crippen LogP) is 2.90. The zero-order valence-corrected chi connectivity index (χ0v) is 14.4. The van der Waals surface area contributed by atoms with E-state index in [9.17, 15) is 14.4 Å². The first-order valence-electron chi connectivity index (χ1n) is 7.80. The van der Waals surface area contributed by atoms with Crippen molar-refractivity contribution in [1.29, 1.82) is 0 Å². The molecule has 1 heterocycles. The largest absolute Gasteiger partial charge is 0.335 e. The van der Waals surface area contributed by atoms with Crippen LogP contribution < -0.4 is 10.2 Å². The first-order valence-corrected chi connectivity index (χ1v) is 9.36. The number of amides is 4. The number of rotatable bonds is 3. The lowest BCUT2D eigenvalue weighted by Gasteiger charge is -2.28. The fourth-order valence-electron chi connectivity index (χ4n) is 2.87. The molecule has 2 aromatic carbocycles. The third-order valence-electron chi connectivity index (χ3n) is 4.02. The van der Waals surface area contributed by atoms with Gasteiger partial charge in [0.05, 0.1) is 5.69 Å². The molecule has 0 bridgehead atoms. The van der Waals surface area contributed by atoms with Gasteiger partial charge >= 0.3 is 6.03 Å². The van der Waals surface area contributed by atoms with E-state index in [1.54, 1.807) is 12.1 Å². The highest BCUT2D eigenvalue weighted by molar-refractivity contribution is 8.18. The normalized spacial score (nSPS) is 15.4. The van der Waals surface area contributed by atoms with Gasteiger partial charge in [-0.2, -0.15) is 10.5 Å². The minimum Gasteiger partial charge on any atom is -0.273 e. The summed E-state index contributed by atoms with van der Waals surface area (Å²) in [5, 5.41) is 4.05. The molecule has 0 aliphatic carbocycles. The van der Waals surface area contributed by atoms with Gasteiger partial charge in [0.15, 0.2) is 0 Å². The van der Waals surface area contributed by atoms with Crippen LogP contribution in [0.4, 0.5) is 10.5 Å². The van der Waals surface area contributed by atoms with Crippen molar-refractivity contribution in [2.45, 2.75) is 13.8 Å². The Kier molecular flexibility index (Phi) is 4.49. The molecule has 2 aromatic rings. The highest BCUT2D eigenvalue weighted by atomic mass is 32.2. The van der Waals surface area contributed by atoms with Crippen LogP contribution in [0.15, 0.2) is 42.5 Å². The van der Waals surface area contributed by atoms with E-state index < -0.39 is 28.3 Å². The maximum Gasteiger partial charge on any atom is 0.335 e. The first-order chi connectivity index (χ1) is 11.6. The Morgan fingerprint density at radius 2 is 1.62 bits per heavy atom. The fraction of sp³-hybridized carbons (Fsp3) is 0.222. The Bertz CT molecular complexity index is 877. The standard InChI is InChI=1S/C18H18N2O3S/c1-3-24(4-2)15-16(21)19-18(23)20(17(15)22)14-11-7-9-12-8-5-6-10-13(12)14/h5-11H,3-4H2,1-2H3,(H,19,21,23). The van der Waals surface area contributed by atoms with E-state index in [2.05, 4.69) is 5.32 Å². The van der Waals surface area contributed by atoms with Crippen molar-refractivity contribution in [3.8, 4) is 0 Å². The van der Waals surface area contributed by atoms with Gasteiger partial charge in [0.25, 0.3) is 11.8 Å². The van der Waals surface area contributed by atoms with Crippen LogP contribution in [0.25, 0.3) is 10.8 Å². The summed E-state index contributed by atoms with van der Waals surface area (Å²) < 4.78 is 0. The van der Waals surface area contributed by atoms with Crippen LogP contribution in [-0.4, -0.2) is 34.2 Å². The lowest BCUT2D eigenvalue weighted by molar-refractivity contribution is -0.117. The minimum absolute atomic E-state index is 0.188. The number of urea groups is 1. The van der Waals surface area contributed by atoms with Gasteiger partial charge in [-0.05, 0) is 23.0 Å². The van der Waals surface area contributed by atoms with Crippen LogP contribution in [0.1, 0.15) is 13.8 Å². The van der Waals surface area contributed by atoms with Crippen molar-refractivity contribution in [3.05, 3.63) is 42.5 Å². The van der Waals surface area contributed by atoms with Gasteiger partial charge in [-0.1, -0.05) is 50.2 Å². The zero-order valence-electron chi connectivity index (χ0n) is 13.5. The van der Waals surface area contributed by atoms with Crippen LogP contribution in [-0.2, 0) is 9.59 Å². The van der Waals surface area contributed by atoms with Crippen LogP contribution in [0.3, 0.4) is 0 Å². The molecule has 3 rings (SSSR count). The Morgan fingerprint density at radius 3 is 2.33 bits per heavy atom. The van der Waals surface area contributed by atoms with E-state index >= 15 is 0 Å². The summed E-state index contributed by atoms with van der Waals surface area (Å²) in [4.78, 5) is 38.8. The number of barbiturate groups is 1. The molecule has 1 saturated heterocycles. The Balaban J connectivity index is 2.19. The smallest absolute Gasteiger partial charge is 0.273 e. The number of benzene rings is 2. The number of nitrogens with one attached hydrogen (secondary N) is 1. The van der Waals surface area contributed by atoms with Crippen LogP contribution in [0, 0.1) is 0 Å². The second-order valence-corrected chi connectivity index (χ2v) is 7.85. The minimum atomic E-state index is -0.694. The number of anilines is 1. The highest BCUT2D eigenvalue weighted by Crippen LogP contribution is 2.29. The van der Waals surface area contributed by atoms with Crippen LogP contribution >= 0.6 is 10.5 Å². The fourth-order valence-corrected chi connectivity index (χ4v) is 4.51. The Hall–Kier alpha value is -2.47. The molecular weight excluding hydrogens is 324 g/mol. The summed E-state index contributed by atoms with van der Waals surface area (Å²) in [7, 11) is -0.467. The molecule has 0 spiro atoms. The van der Waals surface area contributed by atoms with Crippen molar-refractivity contribution in [2.75, 3.05) is 16.4 Å². The van der Waals surface area contributed by atoms with Gasteiger partial charge in [0, 0.05) is 5.39 Å². The van der Waals surface area contributed by atoms with Crippen LogP contribution in [0.5, 0.6) is 0 Å². The van der Waals surface area contributed by atoms with Crippen molar-refractivity contribution < 1.29 is 14.4 Å². The van der Waals surface area contributed by atoms with Gasteiger partial charge in [-0.25, -0.2) is 9.69 Å². The van der Waals surface area contributed by atoms with Crippen molar-refractivity contribution in [3.63, 3.8) is 0 Å². The van der Waals surface area contributed by atoms with Gasteiger partial charge < -0.3 is 0 Å². The number of fused-ring (bicyclic) bond motifs is 1. The number of imide groups is 2. The van der Waals surface area contributed by atoms with E-state index in [0.717, 1.165) is 15.7 Å². The number of carbonyl (C=O) groups is 3. The number of nitrogens with zero attached hydrogens (tertiary/aromatic N) is 1. The molecule has 6 heteroatoms. The third kappa shape index (κ3) is 2.63. The molecule has 1 fully saturated rings. The second-order valence-electron chi connectivity index (χ2n) is 5.30. The van der Waals surface area contributed by atoms with Crippen molar-refractivity contribution >= 4 is 49.7 Å². The van der Waals surface area contributed by atoms with E-state index in [1.165, 1.54) is 0 Å². The van der Waals surface area contributed by atoms with Gasteiger partial charge in [-0.15, -0.1) is 0 Å². The van der Waals surface area contributed by atoms with Crippen molar-refractivity contribution in [2.24, 2.45) is 0 Å². The summed E-state index contributed by atoms with van der Waals surface area (Å²) in [6.07, 6.45) is 0. The summed E-state index contributed by atoms with van der Waals surface area (Å²) in [6, 6.07) is 12.3. The maximum atomic E-state index is 13.0. The summed E-state index contributed by atoms with van der Waals surface area (Å²) in [6.45, 7) is 3.89. The molecule has 24 heavy (non-hydrogen) atoms. The molecular formula is C18H18N2O3S. The molecule has 0 aromatic heterocycles. The Labute approximate surface area is 142 Å². The zero-order chi connectivity index (χ0) is 17.3. The third-order valence-corrected chi connectivity index (χ3v) is 6.35. The monoisotopic (exact) mass is 342 g/mol. The predicted molar refractivity (Wildman–Crippen MR) is 98.7 cm³/mol. The second kappa shape index (κ2) is 6.57. The highest BCUT2D eigenvalue weighted by Gasteiger charge is 2.38. The molecule has 4 amide bonds. The van der Waals surface area contributed by atoms with E-state index in [0.29, 0.717) is 17.2 Å². The lowest BCUT2D eigenvalue weighted by atomic mass is 10.1. The molecule has 1 aliphatic rings. The number of carbonyl (C=O) groups excluding carboxylic acids is 3. The van der Waals surface area contributed by atoms with E-state index in [4.69, 9.17) is 0 Å². The molecule has 0 atom stereocenters. The molecule has 5 nitrogen and oxygen atoms in total. The van der Waals surface area contributed by atoms with Gasteiger partial charge in [0.1, 0.15) is 4.86 Å². The molecule has 0 saturated carbocycles. The van der Waals surface area contributed by atoms with Crippen molar-refractivity contribution in [1.82, 2.24) is 5.32 Å². The maximum absolute atomic E-state index is 13.0. The van der Waals surface area contributed by atoms with Gasteiger partial charge in [-0.3, -0.25) is 14.9 Å². The first kappa shape index (κ1) is 16.4. The SMILES string of the molecule is CCS(CC)=C1C(=O)NC(=O)N(c2cccc3ccccc23)C1=O. The number of hydrogen-bond donors (Lipinski definition) is 1. The average Bonchev–Trinajstić information content (AvgIpc) is 2.58. The summed E-state index contributed by atoms with van der Waals surface area (Å²) in [5.74, 6) is 0.325. The van der Waals surface area contributed by atoms with Crippen LogP contribution in [0.2, 0.25) is 0 Å². The summed E-state index contributed by atoms with van der Waals surface area (Å²) in [5.41, 5.74) is 0.497.